The van der Waals surface area contributed by atoms with Crippen LogP contribution in [0.1, 0.15) is 6.92 Å². The van der Waals surface area contributed by atoms with Gasteiger partial charge in [0.25, 0.3) is 0 Å². The van der Waals surface area contributed by atoms with E-state index >= 15 is 0 Å². The number of thiazole rings is 1. The smallest absolute Gasteiger partial charge is 0.239 e. The second-order valence-electron chi connectivity index (χ2n) is 7.91. The topological polar surface area (TPSA) is 70.7 Å². The van der Waals surface area contributed by atoms with E-state index in [2.05, 4.69) is 15.3 Å². The number of hydrogen-bond acceptors (Lipinski definition) is 5. The van der Waals surface area contributed by atoms with Gasteiger partial charge >= 0.3 is 0 Å². The largest absolute Gasteiger partial charge is 0.332 e. The Morgan fingerprint density at radius 3 is 2.36 bits per heavy atom. The Kier molecular flexibility index (Phi) is 7.43. The molecule has 0 bridgehead atoms. The first-order valence-corrected chi connectivity index (χ1v) is 13.6. The van der Waals surface area contributed by atoms with Crippen molar-refractivity contribution >= 4 is 57.3 Å². The van der Waals surface area contributed by atoms with Gasteiger partial charge in [0.15, 0.2) is 10.3 Å². The van der Waals surface area contributed by atoms with Crippen molar-refractivity contribution in [2.24, 2.45) is 0 Å². The summed E-state index contributed by atoms with van der Waals surface area (Å²) in [5.74, 6) is -0.165. The van der Waals surface area contributed by atoms with Crippen LogP contribution in [0.3, 0.4) is 0 Å². The highest BCUT2D eigenvalue weighted by molar-refractivity contribution is 8.00. The van der Waals surface area contributed by atoms with Crippen LogP contribution in [0.15, 0.2) is 89.4 Å². The molecule has 5 rings (SSSR count). The number of H-pyrrole nitrogens is 1. The molecule has 1 atom stereocenters. The zero-order valence-electron chi connectivity index (χ0n) is 19.0. The zero-order valence-corrected chi connectivity index (χ0v) is 22.2. The highest BCUT2D eigenvalue weighted by Crippen LogP contribution is 2.35. The number of thioether (sulfide) groups is 1. The van der Waals surface area contributed by atoms with Crippen LogP contribution in [-0.4, -0.2) is 26.1 Å². The molecule has 1 unspecified atom stereocenters. The maximum Gasteiger partial charge on any atom is 0.239 e. The van der Waals surface area contributed by atoms with E-state index in [1.54, 1.807) is 12.1 Å². The SMILES string of the molecule is CC(Sc1nc(-c2ccccc2)c(-c2ccccc2)[nH]1)C(=O)Nc1nc(-c2ccc(Cl)cc2Cl)cs1. The number of hydrogen-bond donors (Lipinski definition) is 2. The Morgan fingerprint density at radius 2 is 1.67 bits per heavy atom. The molecular weight excluding hydrogens is 531 g/mol. The quantitative estimate of drug-likeness (QED) is 0.200. The van der Waals surface area contributed by atoms with Gasteiger partial charge in [-0.2, -0.15) is 0 Å². The van der Waals surface area contributed by atoms with Gasteiger partial charge in [0.1, 0.15) is 0 Å². The van der Waals surface area contributed by atoms with E-state index < -0.39 is 5.25 Å². The minimum absolute atomic E-state index is 0.165. The van der Waals surface area contributed by atoms with Crippen molar-refractivity contribution in [2.75, 3.05) is 5.32 Å². The molecule has 1 amide bonds. The van der Waals surface area contributed by atoms with Crippen LogP contribution in [-0.2, 0) is 4.79 Å². The lowest BCUT2D eigenvalue weighted by Crippen LogP contribution is -2.22. The number of imidazole rings is 1. The third-order valence-corrected chi connectivity index (χ3v) is 7.68. The van der Waals surface area contributed by atoms with E-state index in [0.717, 1.165) is 28.1 Å². The van der Waals surface area contributed by atoms with Crippen molar-refractivity contribution in [1.29, 1.82) is 0 Å². The van der Waals surface area contributed by atoms with Gasteiger partial charge in [-0.1, -0.05) is 95.6 Å². The molecule has 2 heterocycles. The Hall–Kier alpha value is -3.10. The first kappa shape index (κ1) is 24.6. The molecule has 2 N–H and O–H groups in total. The number of amides is 1. The maximum absolute atomic E-state index is 13.0. The fraction of sp³-hybridized carbons (Fsp3) is 0.0741. The highest BCUT2D eigenvalue weighted by Gasteiger charge is 2.21. The average molecular weight is 552 g/mol. The number of rotatable bonds is 7. The van der Waals surface area contributed by atoms with Gasteiger partial charge in [-0.15, -0.1) is 11.3 Å². The summed E-state index contributed by atoms with van der Waals surface area (Å²) in [7, 11) is 0. The molecule has 0 saturated heterocycles. The van der Waals surface area contributed by atoms with Crippen molar-refractivity contribution in [1.82, 2.24) is 15.0 Å². The van der Waals surface area contributed by atoms with Crippen LogP contribution in [0.5, 0.6) is 0 Å². The lowest BCUT2D eigenvalue weighted by Gasteiger charge is -2.08. The Morgan fingerprint density at radius 1 is 0.972 bits per heavy atom. The van der Waals surface area contributed by atoms with Crippen molar-refractivity contribution in [3.05, 3.63) is 94.3 Å². The Balaban J connectivity index is 1.33. The summed E-state index contributed by atoms with van der Waals surface area (Å²) >= 11 is 15.0. The molecule has 0 aliphatic heterocycles. The minimum atomic E-state index is -0.408. The van der Waals surface area contributed by atoms with Crippen LogP contribution < -0.4 is 5.32 Å². The first-order valence-electron chi connectivity index (χ1n) is 11.1. The standard InChI is InChI=1S/C27H20Cl2N4OS2/c1-16(25(34)33-26-30-22(15-35-26)20-13-12-19(28)14-21(20)29)36-27-31-23(17-8-4-2-5-9-17)24(32-27)18-10-6-3-7-11-18/h2-16H,1H3,(H,31,32)(H,30,33,34). The summed E-state index contributed by atoms with van der Waals surface area (Å²) in [4.78, 5) is 25.7. The summed E-state index contributed by atoms with van der Waals surface area (Å²) in [6, 6.07) is 25.3. The number of anilines is 1. The molecule has 0 aliphatic carbocycles. The van der Waals surface area contributed by atoms with Crippen LogP contribution in [0.25, 0.3) is 33.8 Å². The summed E-state index contributed by atoms with van der Waals surface area (Å²) in [6.45, 7) is 1.84. The van der Waals surface area contributed by atoms with Gasteiger partial charge in [-0.25, -0.2) is 9.97 Å². The number of nitrogens with one attached hydrogen (secondary N) is 2. The van der Waals surface area contributed by atoms with Crippen molar-refractivity contribution in [3.63, 3.8) is 0 Å². The summed E-state index contributed by atoms with van der Waals surface area (Å²) in [5, 5.41) is 6.59. The van der Waals surface area contributed by atoms with Gasteiger partial charge < -0.3 is 10.3 Å². The molecular formula is C27H20Cl2N4OS2. The number of benzene rings is 3. The number of halogens is 2. The number of nitrogens with zero attached hydrogens (tertiary/aromatic N) is 2. The molecule has 0 fully saturated rings. The predicted molar refractivity (Wildman–Crippen MR) is 151 cm³/mol. The average Bonchev–Trinajstić information content (AvgIpc) is 3.52. The third kappa shape index (κ3) is 5.50. The number of aromatic amines is 1. The normalized spacial score (nSPS) is 11.9. The number of aromatic nitrogens is 3. The molecule has 180 valence electrons. The van der Waals surface area contributed by atoms with Crippen LogP contribution in [0, 0.1) is 0 Å². The van der Waals surface area contributed by atoms with Gasteiger partial charge in [0, 0.05) is 27.1 Å². The van der Waals surface area contributed by atoms with Gasteiger partial charge in [0.05, 0.1) is 27.4 Å². The van der Waals surface area contributed by atoms with E-state index in [-0.39, 0.29) is 5.91 Å². The monoisotopic (exact) mass is 550 g/mol. The molecule has 5 aromatic rings. The van der Waals surface area contributed by atoms with Gasteiger partial charge in [-0.3, -0.25) is 4.79 Å². The number of carbonyl (C=O) groups excluding carboxylic acids is 1. The number of carbonyl (C=O) groups is 1. The summed E-state index contributed by atoms with van der Waals surface area (Å²) < 4.78 is 0. The minimum Gasteiger partial charge on any atom is -0.332 e. The predicted octanol–water partition coefficient (Wildman–Crippen LogP) is 8.29. The lowest BCUT2D eigenvalue weighted by atomic mass is 10.1. The Bertz CT molecular complexity index is 1450. The van der Waals surface area contributed by atoms with Gasteiger partial charge in [-0.05, 0) is 25.1 Å². The molecule has 0 aliphatic rings. The van der Waals surface area contributed by atoms with Crippen molar-refractivity contribution < 1.29 is 4.79 Å². The fourth-order valence-electron chi connectivity index (χ4n) is 3.61. The summed E-state index contributed by atoms with van der Waals surface area (Å²) in [6.07, 6.45) is 0. The molecule has 9 heteroatoms. The van der Waals surface area contributed by atoms with Crippen molar-refractivity contribution in [3.8, 4) is 33.8 Å². The van der Waals surface area contributed by atoms with Crippen LogP contribution >= 0.6 is 46.3 Å². The molecule has 0 radical (unpaired) electrons. The first-order chi connectivity index (χ1) is 17.5. The molecule has 0 spiro atoms. The second kappa shape index (κ2) is 10.9. The summed E-state index contributed by atoms with van der Waals surface area (Å²) in [5.41, 5.74) is 5.25. The third-order valence-electron chi connectivity index (χ3n) is 5.39. The molecule has 2 aromatic heterocycles. The highest BCUT2D eigenvalue weighted by atomic mass is 35.5. The van der Waals surface area contributed by atoms with E-state index in [0.29, 0.717) is 26.0 Å². The lowest BCUT2D eigenvalue weighted by molar-refractivity contribution is -0.115. The van der Waals surface area contributed by atoms with Crippen LogP contribution in [0.2, 0.25) is 10.0 Å². The molecule has 5 nitrogen and oxygen atoms in total. The van der Waals surface area contributed by atoms with E-state index in [1.807, 2.05) is 79.0 Å². The fourth-order valence-corrected chi connectivity index (χ4v) is 5.63. The van der Waals surface area contributed by atoms with Gasteiger partial charge in [0.2, 0.25) is 5.91 Å². The van der Waals surface area contributed by atoms with E-state index in [1.165, 1.54) is 23.1 Å². The Labute approximate surface area is 226 Å². The molecule has 36 heavy (non-hydrogen) atoms. The molecule has 3 aromatic carbocycles. The van der Waals surface area contributed by atoms with E-state index in [4.69, 9.17) is 28.2 Å². The molecule has 0 saturated carbocycles. The van der Waals surface area contributed by atoms with E-state index in [9.17, 15) is 4.79 Å². The zero-order chi connectivity index (χ0) is 25.1. The van der Waals surface area contributed by atoms with Crippen molar-refractivity contribution in [2.45, 2.75) is 17.3 Å². The second-order valence-corrected chi connectivity index (χ2v) is 10.9. The maximum atomic E-state index is 13.0. The van der Waals surface area contributed by atoms with Crippen LogP contribution in [0.4, 0.5) is 5.13 Å².